The molecule has 98 valence electrons. The fourth-order valence-corrected chi connectivity index (χ4v) is 3.21. The van der Waals surface area contributed by atoms with E-state index in [1.165, 1.54) is 24.8 Å². The van der Waals surface area contributed by atoms with E-state index in [1.807, 2.05) is 7.11 Å². The highest BCUT2D eigenvalue weighted by Gasteiger charge is 2.49. The maximum absolute atomic E-state index is 5.77. The first-order valence-corrected chi connectivity index (χ1v) is 6.89. The van der Waals surface area contributed by atoms with Gasteiger partial charge in [0, 0.05) is 7.11 Å². The number of nitrogens with one attached hydrogen (secondary N) is 1. The second-order valence-electron chi connectivity index (χ2n) is 5.65. The molecule has 0 amide bonds. The molecule has 4 atom stereocenters. The van der Waals surface area contributed by atoms with Gasteiger partial charge in [-0.05, 0) is 42.6 Å². The summed E-state index contributed by atoms with van der Waals surface area (Å²) in [6.45, 7) is 0. The van der Waals surface area contributed by atoms with Crippen molar-refractivity contribution in [2.45, 2.75) is 37.3 Å². The maximum atomic E-state index is 5.77. The van der Waals surface area contributed by atoms with Crippen LogP contribution in [0.2, 0.25) is 0 Å². The van der Waals surface area contributed by atoms with Gasteiger partial charge in [-0.3, -0.25) is 11.3 Å². The molecule has 3 nitrogen and oxygen atoms in total. The topological polar surface area (TPSA) is 47.3 Å². The minimum absolute atomic E-state index is 0.286. The van der Waals surface area contributed by atoms with Crippen LogP contribution >= 0.6 is 0 Å². The Kier molecular flexibility index (Phi) is 3.37. The molecule has 2 saturated carbocycles. The first kappa shape index (κ1) is 12.2. The lowest BCUT2D eigenvalue weighted by atomic mass is 9.98. The summed E-state index contributed by atoms with van der Waals surface area (Å²) < 4.78 is 5.67. The monoisotopic (exact) mass is 246 g/mol. The van der Waals surface area contributed by atoms with Crippen molar-refractivity contribution < 1.29 is 4.74 Å². The number of hydrogen-bond acceptors (Lipinski definition) is 3. The van der Waals surface area contributed by atoms with Gasteiger partial charge in [-0.1, -0.05) is 30.3 Å². The number of ether oxygens (including phenoxy) is 1. The van der Waals surface area contributed by atoms with E-state index < -0.39 is 0 Å². The molecular weight excluding hydrogens is 224 g/mol. The fraction of sp³-hybridized carbons (Fsp3) is 0.600. The van der Waals surface area contributed by atoms with Crippen LogP contribution in [0, 0.1) is 11.8 Å². The number of hydrogen-bond donors (Lipinski definition) is 2. The van der Waals surface area contributed by atoms with Gasteiger partial charge in [-0.2, -0.15) is 0 Å². The smallest absolute Gasteiger partial charge is 0.0768 e. The van der Waals surface area contributed by atoms with Crippen molar-refractivity contribution in [2.75, 3.05) is 7.11 Å². The predicted octanol–water partition coefficient (Wildman–Crippen LogP) is 2.05. The molecule has 0 radical (unpaired) electrons. The first-order valence-electron chi connectivity index (χ1n) is 6.89. The van der Waals surface area contributed by atoms with E-state index in [1.54, 1.807) is 0 Å². The Labute approximate surface area is 109 Å². The molecule has 0 aromatic heterocycles. The van der Waals surface area contributed by atoms with E-state index >= 15 is 0 Å². The summed E-state index contributed by atoms with van der Waals surface area (Å²) in [4.78, 5) is 0. The van der Waals surface area contributed by atoms with E-state index in [-0.39, 0.29) is 6.10 Å². The third-order valence-corrected chi connectivity index (χ3v) is 4.43. The summed E-state index contributed by atoms with van der Waals surface area (Å²) in [6, 6.07) is 11.0. The first-order chi connectivity index (χ1) is 8.85. The molecule has 3 rings (SSSR count). The summed E-state index contributed by atoms with van der Waals surface area (Å²) in [5.74, 6) is 7.77. The van der Waals surface area contributed by atoms with Crippen LogP contribution < -0.4 is 11.3 Å². The number of benzene rings is 1. The van der Waals surface area contributed by atoms with E-state index in [4.69, 9.17) is 10.6 Å². The van der Waals surface area contributed by atoms with Gasteiger partial charge in [0.05, 0.1) is 12.1 Å². The molecule has 1 aromatic carbocycles. The van der Waals surface area contributed by atoms with Crippen molar-refractivity contribution in [3.05, 3.63) is 35.9 Å². The minimum Gasteiger partial charge on any atom is -0.379 e. The molecule has 1 aromatic rings. The average Bonchev–Trinajstić information content (AvgIpc) is 3.28. The van der Waals surface area contributed by atoms with E-state index in [9.17, 15) is 0 Å². The van der Waals surface area contributed by atoms with Crippen LogP contribution in [0.3, 0.4) is 0 Å². The zero-order valence-corrected chi connectivity index (χ0v) is 10.9. The molecule has 4 unspecified atom stereocenters. The normalized spacial score (nSPS) is 29.9. The average molecular weight is 246 g/mol. The number of hydrazine groups is 1. The molecule has 0 spiro atoms. The summed E-state index contributed by atoms with van der Waals surface area (Å²) in [7, 11) is 1.81. The highest BCUT2D eigenvalue weighted by molar-refractivity contribution is 5.27. The second-order valence-corrected chi connectivity index (χ2v) is 5.65. The summed E-state index contributed by atoms with van der Waals surface area (Å²) in [6.07, 6.45) is 4.10. The third-order valence-electron chi connectivity index (χ3n) is 4.43. The van der Waals surface area contributed by atoms with E-state index in [2.05, 4.69) is 35.8 Å². The van der Waals surface area contributed by atoms with Crippen molar-refractivity contribution in [3.63, 3.8) is 0 Å². The quantitative estimate of drug-likeness (QED) is 0.596. The minimum atomic E-state index is 0.286. The molecule has 0 heterocycles. The SMILES string of the molecule is COC(C1CC1)C(NN)C1CC1c1ccccc1. The Morgan fingerprint density at radius 2 is 2.00 bits per heavy atom. The van der Waals surface area contributed by atoms with Gasteiger partial charge in [0.2, 0.25) is 0 Å². The molecule has 2 aliphatic rings. The maximum Gasteiger partial charge on any atom is 0.0768 e. The predicted molar refractivity (Wildman–Crippen MR) is 71.9 cm³/mol. The van der Waals surface area contributed by atoms with E-state index in [0.29, 0.717) is 23.8 Å². The van der Waals surface area contributed by atoms with Crippen LogP contribution in [0.15, 0.2) is 30.3 Å². The molecular formula is C15H22N2O. The summed E-state index contributed by atoms with van der Waals surface area (Å²) in [5, 5.41) is 0. The zero-order chi connectivity index (χ0) is 12.5. The van der Waals surface area contributed by atoms with Crippen LogP contribution in [-0.4, -0.2) is 19.3 Å². The highest BCUT2D eigenvalue weighted by atomic mass is 16.5. The Morgan fingerprint density at radius 1 is 1.28 bits per heavy atom. The van der Waals surface area contributed by atoms with Crippen molar-refractivity contribution in [2.24, 2.45) is 17.7 Å². The van der Waals surface area contributed by atoms with Crippen LogP contribution in [0.5, 0.6) is 0 Å². The number of rotatable bonds is 6. The van der Waals surface area contributed by atoms with Gasteiger partial charge in [0.15, 0.2) is 0 Å². The van der Waals surface area contributed by atoms with Crippen molar-refractivity contribution >= 4 is 0 Å². The Morgan fingerprint density at radius 3 is 2.56 bits per heavy atom. The Hall–Kier alpha value is -0.900. The van der Waals surface area contributed by atoms with Gasteiger partial charge < -0.3 is 4.74 Å². The van der Waals surface area contributed by atoms with Crippen molar-refractivity contribution in [1.82, 2.24) is 5.43 Å². The van der Waals surface area contributed by atoms with Gasteiger partial charge in [-0.15, -0.1) is 0 Å². The summed E-state index contributed by atoms with van der Waals surface area (Å²) in [5.41, 5.74) is 4.45. The standard InChI is InChI=1S/C15H22N2O/c1-18-15(11-7-8-11)14(17-16)13-9-12(13)10-5-3-2-4-6-10/h2-6,11-15,17H,7-9,16H2,1H3. The lowest BCUT2D eigenvalue weighted by molar-refractivity contribution is 0.0435. The number of nitrogens with two attached hydrogens (primary N) is 1. The zero-order valence-electron chi connectivity index (χ0n) is 10.9. The lowest BCUT2D eigenvalue weighted by Gasteiger charge is -2.25. The molecule has 0 bridgehead atoms. The third kappa shape index (κ3) is 2.30. The van der Waals surface area contributed by atoms with Crippen LogP contribution in [0.25, 0.3) is 0 Å². The van der Waals surface area contributed by atoms with E-state index in [0.717, 1.165) is 0 Å². The Bertz CT molecular complexity index is 391. The molecule has 2 fully saturated rings. The van der Waals surface area contributed by atoms with Gasteiger partial charge in [0.25, 0.3) is 0 Å². The van der Waals surface area contributed by atoms with Crippen molar-refractivity contribution in [3.8, 4) is 0 Å². The highest BCUT2D eigenvalue weighted by Crippen LogP contribution is 2.52. The van der Waals surface area contributed by atoms with Gasteiger partial charge in [0.1, 0.15) is 0 Å². The molecule has 0 saturated heterocycles. The molecule has 3 heteroatoms. The molecule has 0 aliphatic heterocycles. The largest absolute Gasteiger partial charge is 0.379 e. The molecule has 3 N–H and O–H groups in total. The van der Waals surface area contributed by atoms with Crippen LogP contribution in [0.4, 0.5) is 0 Å². The second kappa shape index (κ2) is 5.00. The summed E-state index contributed by atoms with van der Waals surface area (Å²) >= 11 is 0. The van der Waals surface area contributed by atoms with Crippen molar-refractivity contribution in [1.29, 1.82) is 0 Å². The van der Waals surface area contributed by atoms with Crippen LogP contribution in [-0.2, 0) is 4.74 Å². The lowest BCUT2D eigenvalue weighted by Crippen LogP contribution is -2.47. The molecule has 2 aliphatic carbocycles. The van der Waals surface area contributed by atoms with Gasteiger partial charge in [-0.25, -0.2) is 0 Å². The number of methoxy groups -OCH3 is 1. The Balaban J connectivity index is 1.67. The molecule has 18 heavy (non-hydrogen) atoms. The fourth-order valence-electron chi connectivity index (χ4n) is 3.21. The van der Waals surface area contributed by atoms with Crippen LogP contribution in [0.1, 0.15) is 30.7 Å². The van der Waals surface area contributed by atoms with Gasteiger partial charge >= 0.3 is 0 Å².